The van der Waals surface area contributed by atoms with Crippen LogP contribution in [0.3, 0.4) is 0 Å². The summed E-state index contributed by atoms with van der Waals surface area (Å²) in [6.07, 6.45) is 2.19. The smallest absolute Gasteiger partial charge is 0.127 e. The molecule has 1 atom stereocenters. The standard InChI is InChI=1S/C14H21FN2O/c1-10(16)12-2-4-17(5-3-12)9-11-6-13(15)8-14(18)7-11/h6-8,10,12,18H,2-5,9,16H2,1H3. The van der Waals surface area contributed by atoms with Gasteiger partial charge in [-0.25, -0.2) is 4.39 Å². The van der Waals surface area contributed by atoms with E-state index in [2.05, 4.69) is 11.8 Å². The van der Waals surface area contributed by atoms with Crippen molar-refractivity contribution in [2.75, 3.05) is 13.1 Å². The van der Waals surface area contributed by atoms with Crippen molar-refractivity contribution in [3.63, 3.8) is 0 Å². The van der Waals surface area contributed by atoms with Gasteiger partial charge in [-0.3, -0.25) is 4.90 Å². The van der Waals surface area contributed by atoms with E-state index in [1.54, 1.807) is 6.07 Å². The summed E-state index contributed by atoms with van der Waals surface area (Å²) < 4.78 is 13.2. The zero-order valence-corrected chi connectivity index (χ0v) is 10.8. The molecular formula is C14H21FN2O. The first-order valence-corrected chi connectivity index (χ1v) is 6.51. The molecule has 0 radical (unpaired) electrons. The maximum absolute atomic E-state index is 13.2. The third-order valence-corrected chi connectivity index (χ3v) is 3.72. The highest BCUT2D eigenvalue weighted by molar-refractivity contribution is 5.28. The van der Waals surface area contributed by atoms with E-state index in [1.165, 1.54) is 6.07 Å². The summed E-state index contributed by atoms with van der Waals surface area (Å²) in [6, 6.07) is 4.49. The lowest BCUT2D eigenvalue weighted by molar-refractivity contribution is 0.165. The second-order valence-electron chi connectivity index (χ2n) is 5.29. The number of likely N-dealkylation sites (tertiary alicyclic amines) is 1. The molecule has 1 aromatic rings. The first-order chi connectivity index (χ1) is 8.54. The Bertz CT molecular complexity index is 381. The average molecular weight is 252 g/mol. The Morgan fingerprint density at radius 1 is 1.39 bits per heavy atom. The highest BCUT2D eigenvalue weighted by atomic mass is 19.1. The van der Waals surface area contributed by atoms with Crippen LogP contribution in [0, 0.1) is 11.7 Å². The number of hydrogen-bond donors (Lipinski definition) is 2. The fourth-order valence-corrected chi connectivity index (χ4v) is 2.62. The summed E-state index contributed by atoms with van der Waals surface area (Å²) in [5.74, 6) is 0.216. The van der Waals surface area contributed by atoms with Gasteiger partial charge in [0, 0.05) is 18.7 Å². The molecule has 1 aliphatic heterocycles. The SMILES string of the molecule is CC(N)C1CCN(Cc2cc(O)cc(F)c2)CC1. The molecule has 3 N–H and O–H groups in total. The van der Waals surface area contributed by atoms with E-state index in [1.807, 2.05) is 0 Å². The van der Waals surface area contributed by atoms with Crippen molar-refractivity contribution in [2.45, 2.75) is 32.4 Å². The third kappa shape index (κ3) is 3.43. The van der Waals surface area contributed by atoms with Crippen molar-refractivity contribution in [1.29, 1.82) is 0 Å². The van der Waals surface area contributed by atoms with Gasteiger partial charge in [0.25, 0.3) is 0 Å². The molecule has 100 valence electrons. The number of aromatic hydroxyl groups is 1. The summed E-state index contributed by atoms with van der Waals surface area (Å²) >= 11 is 0. The van der Waals surface area contributed by atoms with Gasteiger partial charge in [0.1, 0.15) is 11.6 Å². The van der Waals surface area contributed by atoms with E-state index >= 15 is 0 Å². The van der Waals surface area contributed by atoms with Crippen LogP contribution in [0.2, 0.25) is 0 Å². The zero-order chi connectivity index (χ0) is 13.1. The Kier molecular flexibility index (Phi) is 4.19. The zero-order valence-electron chi connectivity index (χ0n) is 10.8. The summed E-state index contributed by atoms with van der Waals surface area (Å²) in [5.41, 5.74) is 6.73. The van der Waals surface area contributed by atoms with Crippen LogP contribution in [0.4, 0.5) is 4.39 Å². The molecular weight excluding hydrogens is 231 g/mol. The fourth-order valence-electron chi connectivity index (χ4n) is 2.62. The van der Waals surface area contributed by atoms with Crippen molar-refractivity contribution in [3.8, 4) is 5.75 Å². The van der Waals surface area contributed by atoms with Gasteiger partial charge in [-0.15, -0.1) is 0 Å². The first kappa shape index (κ1) is 13.3. The Balaban J connectivity index is 1.91. The highest BCUT2D eigenvalue weighted by Crippen LogP contribution is 2.22. The quantitative estimate of drug-likeness (QED) is 0.866. The van der Waals surface area contributed by atoms with Crippen LogP contribution in [-0.4, -0.2) is 29.1 Å². The Hall–Kier alpha value is -1.13. The molecule has 4 heteroatoms. The molecule has 1 unspecified atom stereocenters. The van der Waals surface area contributed by atoms with E-state index in [0.29, 0.717) is 12.5 Å². The summed E-state index contributed by atoms with van der Waals surface area (Å²) in [5, 5.41) is 9.36. The number of phenolic OH excluding ortho intramolecular Hbond substituents is 1. The van der Waals surface area contributed by atoms with Gasteiger partial charge in [-0.2, -0.15) is 0 Å². The minimum atomic E-state index is -0.379. The van der Waals surface area contributed by atoms with E-state index in [-0.39, 0.29) is 17.6 Å². The molecule has 0 aromatic heterocycles. The molecule has 1 heterocycles. The van der Waals surface area contributed by atoms with E-state index < -0.39 is 0 Å². The topological polar surface area (TPSA) is 49.5 Å². The second-order valence-corrected chi connectivity index (χ2v) is 5.29. The maximum Gasteiger partial charge on any atom is 0.127 e. The van der Waals surface area contributed by atoms with Crippen LogP contribution < -0.4 is 5.73 Å². The van der Waals surface area contributed by atoms with Crippen LogP contribution in [0.15, 0.2) is 18.2 Å². The summed E-state index contributed by atoms with van der Waals surface area (Å²) in [6.45, 7) is 4.73. The number of phenols is 1. The number of piperidine rings is 1. The Morgan fingerprint density at radius 2 is 2.06 bits per heavy atom. The van der Waals surface area contributed by atoms with Gasteiger partial charge in [0.2, 0.25) is 0 Å². The fraction of sp³-hybridized carbons (Fsp3) is 0.571. The predicted molar refractivity (Wildman–Crippen MR) is 69.7 cm³/mol. The lowest BCUT2D eigenvalue weighted by Gasteiger charge is -2.33. The van der Waals surface area contributed by atoms with Gasteiger partial charge in [-0.05, 0) is 56.5 Å². The molecule has 1 fully saturated rings. The van der Waals surface area contributed by atoms with Crippen LogP contribution in [0.25, 0.3) is 0 Å². The van der Waals surface area contributed by atoms with Gasteiger partial charge >= 0.3 is 0 Å². The molecule has 0 amide bonds. The van der Waals surface area contributed by atoms with Gasteiger partial charge in [-0.1, -0.05) is 0 Å². The normalized spacial score (nSPS) is 19.9. The van der Waals surface area contributed by atoms with Crippen LogP contribution in [0.1, 0.15) is 25.3 Å². The minimum absolute atomic E-state index is 0.00420. The summed E-state index contributed by atoms with van der Waals surface area (Å²) in [7, 11) is 0. The molecule has 1 aliphatic rings. The van der Waals surface area contributed by atoms with Crippen molar-refractivity contribution in [1.82, 2.24) is 4.90 Å². The number of nitrogens with zero attached hydrogens (tertiary/aromatic N) is 1. The Labute approximate surface area is 107 Å². The van der Waals surface area contributed by atoms with Crippen molar-refractivity contribution in [3.05, 3.63) is 29.6 Å². The molecule has 1 aromatic carbocycles. The van der Waals surface area contributed by atoms with E-state index in [4.69, 9.17) is 5.73 Å². The molecule has 0 spiro atoms. The van der Waals surface area contributed by atoms with Crippen molar-refractivity contribution < 1.29 is 9.50 Å². The average Bonchev–Trinajstić information content (AvgIpc) is 2.28. The minimum Gasteiger partial charge on any atom is -0.508 e. The lowest BCUT2D eigenvalue weighted by Crippen LogP contribution is -2.39. The number of hydrogen-bond acceptors (Lipinski definition) is 3. The molecule has 1 saturated heterocycles. The number of rotatable bonds is 3. The van der Waals surface area contributed by atoms with Gasteiger partial charge in [0.05, 0.1) is 0 Å². The predicted octanol–water partition coefficient (Wildman–Crippen LogP) is 2.09. The number of benzene rings is 1. The van der Waals surface area contributed by atoms with Gasteiger partial charge < -0.3 is 10.8 Å². The second kappa shape index (κ2) is 5.67. The molecule has 0 bridgehead atoms. The molecule has 0 saturated carbocycles. The molecule has 18 heavy (non-hydrogen) atoms. The van der Waals surface area contributed by atoms with E-state index in [0.717, 1.165) is 37.6 Å². The largest absolute Gasteiger partial charge is 0.508 e. The van der Waals surface area contributed by atoms with Crippen molar-refractivity contribution in [2.24, 2.45) is 11.7 Å². The lowest BCUT2D eigenvalue weighted by atomic mass is 9.91. The van der Waals surface area contributed by atoms with Crippen LogP contribution in [0.5, 0.6) is 5.75 Å². The molecule has 2 rings (SSSR count). The van der Waals surface area contributed by atoms with Crippen LogP contribution in [-0.2, 0) is 6.54 Å². The van der Waals surface area contributed by atoms with Crippen LogP contribution >= 0.6 is 0 Å². The Morgan fingerprint density at radius 3 is 2.61 bits per heavy atom. The van der Waals surface area contributed by atoms with Crippen molar-refractivity contribution >= 4 is 0 Å². The first-order valence-electron chi connectivity index (χ1n) is 6.51. The van der Waals surface area contributed by atoms with E-state index in [9.17, 15) is 9.50 Å². The number of halogens is 1. The number of nitrogens with two attached hydrogens (primary N) is 1. The summed E-state index contributed by atoms with van der Waals surface area (Å²) in [4.78, 5) is 2.28. The third-order valence-electron chi connectivity index (χ3n) is 3.72. The maximum atomic E-state index is 13.2. The molecule has 0 aliphatic carbocycles. The highest BCUT2D eigenvalue weighted by Gasteiger charge is 2.21. The van der Waals surface area contributed by atoms with Gasteiger partial charge in [0.15, 0.2) is 0 Å². The monoisotopic (exact) mass is 252 g/mol. The molecule has 3 nitrogen and oxygen atoms in total.